The van der Waals surface area contributed by atoms with E-state index < -0.39 is 28.5 Å². The van der Waals surface area contributed by atoms with E-state index >= 15 is 0 Å². The molecule has 0 aliphatic carbocycles. The largest absolute Gasteiger partial charge is 0.497 e. The Morgan fingerprint density at radius 2 is 1.59 bits per heavy atom. The number of nitrogens with one attached hydrogen (secondary N) is 1. The fourth-order valence-corrected chi connectivity index (χ4v) is 6.01. The van der Waals surface area contributed by atoms with Gasteiger partial charge in [-0.05, 0) is 68.7 Å². The molecule has 1 N–H and O–H groups in total. The highest BCUT2D eigenvalue weighted by molar-refractivity contribution is 7.92. The van der Waals surface area contributed by atoms with Gasteiger partial charge < -0.3 is 15.0 Å². The maximum absolute atomic E-state index is 14.1. The average molecular weight is 600 g/mol. The highest BCUT2D eigenvalue weighted by Crippen LogP contribution is 2.31. The van der Waals surface area contributed by atoms with Crippen LogP contribution in [0.5, 0.6) is 5.75 Å². The third-order valence-corrected chi connectivity index (χ3v) is 9.00. The quantitative estimate of drug-likeness (QED) is 0.277. The maximum atomic E-state index is 14.1. The standard InChI is InChI=1S/C31H38ClN3O5S/c1-6-23(4)33-31(37)28(7-2)34(20-24-14-16-25(40-5)17-15-24)30(36)21-35(29-11-9-8-10-27(29)32)41(38,39)26-18-12-22(3)13-19-26/h8-19,23,28H,6-7,20-21H2,1-5H3,(H,33,37)/t23-,28+/m1/s1. The summed E-state index contributed by atoms with van der Waals surface area (Å²) in [6.07, 6.45) is 1.06. The molecule has 3 aromatic carbocycles. The molecule has 0 fully saturated rings. The molecule has 2 atom stereocenters. The number of benzene rings is 3. The number of carbonyl (C=O) groups is 2. The van der Waals surface area contributed by atoms with Crippen LogP contribution in [-0.4, -0.2) is 50.9 Å². The summed E-state index contributed by atoms with van der Waals surface area (Å²) in [4.78, 5) is 29.0. The molecule has 2 amide bonds. The number of hydrogen-bond donors (Lipinski definition) is 1. The molecule has 8 nitrogen and oxygen atoms in total. The maximum Gasteiger partial charge on any atom is 0.264 e. The number of rotatable bonds is 13. The Labute approximate surface area is 248 Å². The molecule has 3 aromatic rings. The van der Waals surface area contributed by atoms with Crippen LogP contribution in [0, 0.1) is 6.92 Å². The molecule has 0 aliphatic rings. The summed E-state index contributed by atoms with van der Waals surface area (Å²) < 4.78 is 34.2. The lowest BCUT2D eigenvalue weighted by atomic mass is 10.1. The van der Waals surface area contributed by atoms with Gasteiger partial charge in [0.1, 0.15) is 18.3 Å². The van der Waals surface area contributed by atoms with Crippen LogP contribution < -0.4 is 14.4 Å². The summed E-state index contributed by atoms with van der Waals surface area (Å²) in [5, 5.41) is 3.15. The minimum atomic E-state index is -4.20. The number of sulfonamides is 1. The summed E-state index contributed by atoms with van der Waals surface area (Å²) in [5.74, 6) is -0.181. The normalized spacial score (nSPS) is 12.7. The Hall–Kier alpha value is -3.56. The van der Waals surface area contributed by atoms with E-state index in [1.165, 1.54) is 17.0 Å². The van der Waals surface area contributed by atoms with Crippen molar-refractivity contribution in [1.82, 2.24) is 10.2 Å². The first-order valence-electron chi connectivity index (χ1n) is 13.6. The Bertz CT molecular complexity index is 1430. The molecule has 41 heavy (non-hydrogen) atoms. The molecule has 0 heterocycles. The second-order valence-electron chi connectivity index (χ2n) is 9.89. The summed E-state index contributed by atoms with van der Waals surface area (Å²) >= 11 is 6.47. The van der Waals surface area contributed by atoms with Crippen LogP contribution in [0.25, 0.3) is 0 Å². The van der Waals surface area contributed by atoms with E-state index in [0.717, 1.165) is 21.9 Å². The van der Waals surface area contributed by atoms with Gasteiger partial charge in [-0.3, -0.25) is 13.9 Å². The van der Waals surface area contributed by atoms with E-state index in [0.29, 0.717) is 12.2 Å². The van der Waals surface area contributed by atoms with Gasteiger partial charge in [-0.1, -0.05) is 67.4 Å². The van der Waals surface area contributed by atoms with E-state index in [9.17, 15) is 18.0 Å². The third-order valence-electron chi connectivity index (χ3n) is 6.91. The zero-order chi connectivity index (χ0) is 30.2. The number of carbonyl (C=O) groups excluding carboxylic acids is 2. The summed E-state index contributed by atoms with van der Waals surface area (Å²) in [6, 6.07) is 19.1. The zero-order valence-corrected chi connectivity index (χ0v) is 25.7. The number of nitrogens with zero attached hydrogens (tertiary/aromatic N) is 2. The fraction of sp³-hybridized carbons (Fsp3) is 0.355. The first-order valence-corrected chi connectivity index (χ1v) is 15.4. The molecule has 10 heteroatoms. The number of amides is 2. The van der Waals surface area contributed by atoms with E-state index in [1.54, 1.807) is 55.6 Å². The first-order chi connectivity index (χ1) is 19.5. The van der Waals surface area contributed by atoms with Crippen molar-refractivity contribution in [2.75, 3.05) is 18.0 Å². The predicted molar refractivity (Wildman–Crippen MR) is 163 cm³/mol. The molecular weight excluding hydrogens is 562 g/mol. The Balaban J connectivity index is 2.06. The summed E-state index contributed by atoms with van der Waals surface area (Å²) in [6.45, 7) is 7.08. The van der Waals surface area contributed by atoms with Gasteiger partial charge in [0, 0.05) is 12.6 Å². The number of anilines is 1. The second kappa shape index (κ2) is 14.4. The Morgan fingerprint density at radius 3 is 2.15 bits per heavy atom. The van der Waals surface area contributed by atoms with Crippen molar-refractivity contribution in [3.05, 3.63) is 88.9 Å². The molecule has 0 spiro atoms. The molecule has 0 unspecified atom stereocenters. The molecule has 0 radical (unpaired) electrons. The first kappa shape index (κ1) is 32.0. The van der Waals surface area contributed by atoms with Crippen LogP contribution in [-0.2, 0) is 26.2 Å². The van der Waals surface area contributed by atoms with E-state index in [1.807, 2.05) is 39.8 Å². The highest BCUT2D eigenvalue weighted by atomic mass is 35.5. The minimum absolute atomic E-state index is 0.0269. The van der Waals surface area contributed by atoms with Crippen molar-refractivity contribution >= 4 is 39.1 Å². The van der Waals surface area contributed by atoms with Crippen molar-refractivity contribution < 1.29 is 22.7 Å². The number of halogens is 1. The number of aryl methyl sites for hydroxylation is 1. The van der Waals surface area contributed by atoms with Crippen LogP contribution in [0.2, 0.25) is 5.02 Å². The highest BCUT2D eigenvalue weighted by Gasteiger charge is 2.34. The van der Waals surface area contributed by atoms with Gasteiger partial charge in [-0.25, -0.2) is 8.42 Å². The smallest absolute Gasteiger partial charge is 0.264 e. The Kier molecular flexibility index (Phi) is 11.2. The summed E-state index contributed by atoms with van der Waals surface area (Å²) in [5.41, 5.74) is 1.83. The van der Waals surface area contributed by atoms with Crippen molar-refractivity contribution in [2.24, 2.45) is 0 Å². The topological polar surface area (TPSA) is 96.0 Å². The average Bonchev–Trinajstić information content (AvgIpc) is 2.96. The molecule has 0 saturated heterocycles. The van der Waals surface area contributed by atoms with Crippen molar-refractivity contribution in [3.63, 3.8) is 0 Å². The van der Waals surface area contributed by atoms with Crippen LogP contribution in [0.4, 0.5) is 5.69 Å². The minimum Gasteiger partial charge on any atom is -0.497 e. The molecule has 3 rings (SSSR count). The third kappa shape index (κ3) is 8.01. The SMILES string of the molecule is CC[C@@H](C)NC(=O)[C@H](CC)N(Cc1ccc(OC)cc1)C(=O)CN(c1ccccc1Cl)S(=O)(=O)c1ccc(C)cc1. The van der Waals surface area contributed by atoms with E-state index in [-0.39, 0.29) is 34.1 Å². The van der Waals surface area contributed by atoms with Crippen LogP contribution in [0.3, 0.4) is 0 Å². The number of hydrogen-bond acceptors (Lipinski definition) is 5. The van der Waals surface area contributed by atoms with Crippen LogP contribution in [0.15, 0.2) is 77.7 Å². The number of methoxy groups -OCH3 is 1. The lowest BCUT2D eigenvalue weighted by Crippen LogP contribution is -2.53. The molecule has 0 aromatic heterocycles. The van der Waals surface area contributed by atoms with Crippen LogP contribution in [0.1, 0.15) is 44.7 Å². The van der Waals surface area contributed by atoms with E-state index in [4.69, 9.17) is 16.3 Å². The van der Waals surface area contributed by atoms with Gasteiger partial charge >= 0.3 is 0 Å². The number of ether oxygens (including phenoxy) is 1. The van der Waals surface area contributed by atoms with Gasteiger partial charge in [0.2, 0.25) is 11.8 Å². The molecule has 0 saturated carbocycles. The molecule has 0 aliphatic heterocycles. The van der Waals surface area contributed by atoms with E-state index in [2.05, 4.69) is 5.32 Å². The lowest BCUT2D eigenvalue weighted by molar-refractivity contribution is -0.140. The van der Waals surface area contributed by atoms with Gasteiger partial charge in [0.25, 0.3) is 10.0 Å². The van der Waals surface area contributed by atoms with Crippen molar-refractivity contribution in [1.29, 1.82) is 0 Å². The second-order valence-corrected chi connectivity index (χ2v) is 12.2. The van der Waals surface area contributed by atoms with Gasteiger partial charge in [0.15, 0.2) is 0 Å². The Morgan fingerprint density at radius 1 is 0.951 bits per heavy atom. The molecule has 0 bridgehead atoms. The predicted octanol–water partition coefficient (Wildman–Crippen LogP) is 5.57. The zero-order valence-electron chi connectivity index (χ0n) is 24.1. The molecular formula is C31H38ClN3O5S. The fourth-order valence-electron chi connectivity index (χ4n) is 4.29. The summed E-state index contributed by atoms with van der Waals surface area (Å²) in [7, 11) is -2.63. The van der Waals surface area contributed by atoms with Gasteiger partial charge in [-0.15, -0.1) is 0 Å². The van der Waals surface area contributed by atoms with Gasteiger partial charge in [-0.2, -0.15) is 0 Å². The monoisotopic (exact) mass is 599 g/mol. The lowest BCUT2D eigenvalue weighted by Gasteiger charge is -2.34. The van der Waals surface area contributed by atoms with Crippen molar-refractivity contribution in [3.8, 4) is 5.75 Å². The number of para-hydroxylation sites is 1. The van der Waals surface area contributed by atoms with Gasteiger partial charge in [0.05, 0.1) is 22.7 Å². The molecule has 220 valence electrons. The van der Waals surface area contributed by atoms with Crippen LogP contribution >= 0.6 is 11.6 Å². The van der Waals surface area contributed by atoms with Crippen molar-refractivity contribution in [2.45, 2.75) is 64.1 Å².